The molecule has 16 heteroatoms. The standard InChI is InChI=1S/C24H39NO13P2/c1-22(2,3)19(26)35-16-37-40(33,38-17-36-20(27)23(4,5)6)24(29,39(30,31)32)13-10-14-25-21(28)34-15-18-11-8-7-9-12-18/h7-9,11-12,29H,10,13-17H2,1-6H3,(H,25,28)(H2,30,31,32). The molecule has 1 aromatic rings. The van der Waals surface area contributed by atoms with Crippen molar-refractivity contribution >= 4 is 33.2 Å². The molecule has 0 spiro atoms. The third-order valence-corrected chi connectivity index (χ3v) is 9.79. The molecule has 1 atom stereocenters. The molecule has 1 aromatic carbocycles. The Labute approximate surface area is 233 Å². The number of hydrogen-bond donors (Lipinski definition) is 4. The molecule has 0 aliphatic rings. The Morgan fingerprint density at radius 1 is 0.825 bits per heavy atom. The van der Waals surface area contributed by atoms with E-state index in [-0.39, 0.29) is 19.6 Å². The lowest BCUT2D eigenvalue weighted by atomic mass is 9.98. The van der Waals surface area contributed by atoms with Crippen molar-refractivity contribution in [3.8, 4) is 0 Å². The van der Waals surface area contributed by atoms with E-state index in [0.29, 0.717) is 0 Å². The Morgan fingerprint density at radius 3 is 1.73 bits per heavy atom. The molecule has 4 N–H and O–H groups in total. The van der Waals surface area contributed by atoms with Crippen molar-refractivity contribution in [2.45, 2.75) is 66.1 Å². The SMILES string of the molecule is CC(C)(C)C(=O)OCOP(=O)(OCOC(=O)C(C)(C)C)C(O)(CCCNC(=O)OCc1ccccc1)P(=O)(O)O. The van der Waals surface area contributed by atoms with Gasteiger partial charge in [0, 0.05) is 13.0 Å². The van der Waals surface area contributed by atoms with Gasteiger partial charge in [0.25, 0.3) is 5.08 Å². The summed E-state index contributed by atoms with van der Waals surface area (Å²) in [5, 5.41) is 9.92. The van der Waals surface area contributed by atoms with Crippen molar-refractivity contribution in [3.05, 3.63) is 35.9 Å². The number of ether oxygens (including phenoxy) is 3. The fraction of sp³-hybridized carbons (Fsp3) is 0.625. The number of alkyl carbamates (subject to hydrolysis) is 1. The highest BCUT2D eigenvalue weighted by molar-refractivity contribution is 7.73. The maximum absolute atomic E-state index is 13.7. The second-order valence-electron chi connectivity index (χ2n) is 10.8. The van der Waals surface area contributed by atoms with Crippen LogP contribution < -0.4 is 5.32 Å². The van der Waals surface area contributed by atoms with Crippen LogP contribution in [0.2, 0.25) is 0 Å². The second-order valence-corrected chi connectivity index (χ2v) is 15.2. The molecule has 0 saturated heterocycles. The number of rotatable bonds is 14. The summed E-state index contributed by atoms with van der Waals surface area (Å²) in [7, 11) is -11.0. The van der Waals surface area contributed by atoms with Crippen LogP contribution in [0.5, 0.6) is 0 Å². The zero-order valence-corrected chi connectivity index (χ0v) is 25.2. The summed E-state index contributed by atoms with van der Waals surface area (Å²) >= 11 is 0. The largest absolute Gasteiger partial charge is 0.445 e. The smallest absolute Gasteiger partial charge is 0.407 e. The van der Waals surface area contributed by atoms with Gasteiger partial charge in [-0.05, 0) is 53.5 Å². The lowest BCUT2D eigenvalue weighted by Crippen LogP contribution is -2.34. The molecular weight excluding hydrogens is 572 g/mol. The highest BCUT2D eigenvalue weighted by Gasteiger charge is 2.62. The summed E-state index contributed by atoms with van der Waals surface area (Å²) in [6.45, 7) is 6.59. The minimum atomic E-state index is -5.70. The van der Waals surface area contributed by atoms with Gasteiger partial charge in [-0.25, -0.2) is 4.79 Å². The topological polar surface area (TPSA) is 204 Å². The molecule has 228 valence electrons. The number of carbonyl (C=O) groups is 3. The van der Waals surface area contributed by atoms with Crippen molar-refractivity contribution in [2.24, 2.45) is 10.8 Å². The van der Waals surface area contributed by atoms with Crippen LogP contribution in [-0.2, 0) is 48.6 Å². The van der Waals surface area contributed by atoms with Crippen LogP contribution in [-0.4, -0.2) is 58.1 Å². The molecule has 0 radical (unpaired) electrons. The van der Waals surface area contributed by atoms with Gasteiger partial charge in [0.15, 0.2) is 0 Å². The van der Waals surface area contributed by atoms with E-state index in [1.807, 2.05) is 0 Å². The fourth-order valence-electron chi connectivity index (χ4n) is 2.71. The summed E-state index contributed by atoms with van der Waals surface area (Å²) < 4.78 is 50.7. The average Bonchev–Trinajstić information content (AvgIpc) is 2.83. The van der Waals surface area contributed by atoms with Gasteiger partial charge in [-0.3, -0.25) is 27.8 Å². The van der Waals surface area contributed by atoms with E-state index in [1.165, 1.54) is 41.5 Å². The first kappa shape index (κ1) is 35.7. The Kier molecular flexibility index (Phi) is 13.0. The molecule has 40 heavy (non-hydrogen) atoms. The molecule has 1 unspecified atom stereocenters. The van der Waals surface area contributed by atoms with E-state index in [1.54, 1.807) is 30.3 Å². The van der Waals surface area contributed by atoms with Crippen molar-refractivity contribution in [1.29, 1.82) is 0 Å². The predicted molar refractivity (Wildman–Crippen MR) is 141 cm³/mol. The first-order chi connectivity index (χ1) is 18.2. The van der Waals surface area contributed by atoms with E-state index in [2.05, 4.69) is 5.32 Å². The van der Waals surface area contributed by atoms with E-state index in [0.717, 1.165) is 5.56 Å². The zero-order valence-electron chi connectivity index (χ0n) is 23.4. The molecule has 0 fully saturated rings. The minimum Gasteiger partial charge on any atom is -0.445 e. The van der Waals surface area contributed by atoms with Crippen LogP contribution in [0.3, 0.4) is 0 Å². The molecule has 0 aliphatic carbocycles. The van der Waals surface area contributed by atoms with Crippen LogP contribution in [0.15, 0.2) is 30.3 Å². The molecular formula is C24H39NO13P2. The van der Waals surface area contributed by atoms with Crippen LogP contribution >= 0.6 is 15.2 Å². The number of benzene rings is 1. The summed E-state index contributed by atoms with van der Waals surface area (Å²) in [5.74, 6) is -1.62. The highest BCUT2D eigenvalue weighted by atomic mass is 31.2. The number of nitrogens with one attached hydrogen (secondary N) is 1. The third kappa shape index (κ3) is 10.9. The summed E-state index contributed by atoms with van der Waals surface area (Å²) in [6.07, 6.45) is -2.08. The Hall–Kier alpha value is -2.31. The normalized spacial score (nSPS) is 14.1. The van der Waals surface area contributed by atoms with Crippen LogP contribution in [0, 0.1) is 10.8 Å². The zero-order chi connectivity index (χ0) is 30.8. The highest BCUT2D eigenvalue weighted by Crippen LogP contribution is 2.74. The lowest BCUT2D eigenvalue weighted by Gasteiger charge is -2.34. The van der Waals surface area contributed by atoms with E-state index >= 15 is 0 Å². The quantitative estimate of drug-likeness (QED) is 0.0777. The fourth-order valence-corrected chi connectivity index (χ4v) is 6.08. The molecule has 0 heterocycles. The average molecular weight is 612 g/mol. The van der Waals surface area contributed by atoms with Gasteiger partial charge < -0.3 is 34.4 Å². The van der Waals surface area contributed by atoms with Gasteiger partial charge in [-0.15, -0.1) is 0 Å². The van der Waals surface area contributed by atoms with Gasteiger partial charge in [0.2, 0.25) is 13.6 Å². The number of carbonyl (C=O) groups excluding carboxylic acids is 3. The molecule has 1 rings (SSSR count). The van der Waals surface area contributed by atoms with E-state index in [4.69, 9.17) is 23.3 Å². The molecule has 14 nitrogen and oxygen atoms in total. The number of hydrogen-bond acceptors (Lipinski definition) is 11. The van der Waals surface area contributed by atoms with Crippen molar-refractivity contribution in [3.63, 3.8) is 0 Å². The molecule has 0 saturated carbocycles. The molecule has 0 aliphatic heterocycles. The summed E-state index contributed by atoms with van der Waals surface area (Å²) in [4.78, 5) is 56.0. The lowest BCUT2D eigenvalue weighted by molar-refractivity contribution is -0.162. The van der Waals surface area contributed by atoms with Crippen LogP contribution in [0.1, 0.15) is 59.9 Å². The van der Waals surface area contributed by atoms with Crippen molar-refractivity contribution in [2.75, 3.05) is 20.1 Å². The third-order valence-electron chi connectivity index (χ3n) is 5.13. The second kappa shape index (κ2) is 14.5. The Bertz CT molecular complexity index is 1060. The van der Waals surface area contributed by atoms with E-state index in [9.17, 15) is 38.4 Å². The first-order valence-corrected chi connectivity index (χ1v) is 15.3. The number of amides is 1. The molecule has 0 bridgehead atoms. The van der Waals surface area contributed by atoms with Gasteiger partial charge in [0.05, 0.1) is 10.8 Å². The summed E-state index contributed by atoms with van der Waals surface area (Å²) in [5.41, 5.74) is -1.28. The van der Waals surface area contributed by atoms with Crippen LogP contribution in [0.25, 0.3) is 0 Å². The van der Waals surface area contributed by atoms with Crippen molar-refractivity contribution < 1.29 is 61.7 Å². The minimum absolute atomic E-state index is 0.0312. The number of aliphatic hydroxyl groups is 1. The predicted octanol–water partition coefficient (Wildman–Crippen LogP) is 3.84. The maximum Gasteiger partial charge on any atom is 0.407 e. The monoisotopic (exact) mass is 611 g/mol. The van der Waals surface area contributed by atoms with Gasteiger partial charge >= 0.3 is 33.2 Å². The van der Waals surface area contributed by atoms with Gasteiger partial charge in [-0.1, -0.05) is 30.3 Å². The molecule has 1 amide bonds. The maximum atomic E-state index is 13.7. The van der Waals surface area contributed by atoms with E-state index < -0.39 is 69.1 Å². The van der Waals surface area contributed by atoms with Crippen LogP contribution in [0.4, 0.5) is 4.79 Å². The Balaban J connectivity index is 2.98. The molecule has 0 aromatic heterocycles. The van der Waals surface area contributed by atoms with Crippen molar-refractivity contribution in [1.82, 2.24) is 5.32 Å². The first-order valence-electron chi connectivity index (χ1n) is 12.2. The number of esters is 2. The van der Waals surface area contributed by atoms with Gasteiger partial charge in [0.1, 0.15) is 6.61 Å². The van der Waals surface area contributed by atoms with Gasteiger partial charge in [-0.2, -0.15) is 0 Å². The summed E-state index contributed by atoms with van der Waals surface area (Å²) in [6, 6.07) is 8.79. The Morgan fingerprint density at radius 2 is 1.30 bits per heavy atom.